The third-order valence-electron chi connectivity index (χ3n) is 4.90. The zero-order valence-corrected chi connectivity index (χ0v) is 19.0. The zero-order valence-electron chi connectivity index (χ0n) is 16.7. The Morgan fingerprint density at radius 3 is 2.50 bits per heavy atom. The van der Waals surface area contributed by atoms with E-state index in [-0.39, 0.29) is 36.0 Å². The second kappa shape index (κ2) is 14.1. The molecule has 0 saturated heterocycles. The average molecular weight is 477 g/mol. The van der Waals surface area contributed by atoms with Crippen molar-refractivity contribution in [3.8, 4) is 5.75 Å². The van der Waals surface area contributed by atoms with Crippen LogP contribution in [-0.2, 0) is 6.42 Å². The maximum atomic E-state index is 9.35. The minimum absolute atomic E-state index is 0. The van der Waals surface area contributed by atoms with Crippen LogP contribution >= 0.6 is 24.0 Å². The van der Waals surface area contributed by atoms with Gasteiger partial charge in [0.1, 0.15) is 5.75 Å². The smallest absolute Gasteiger partial charge is 0.191 e. The van der Waals surface area contributed by atoms with Crippen molar-refractivity contribution >= 4 is 29.9 Å². The van der Waals surface area contributed by atoms with E-state index >= 15 is 0 Å². The number of aliphatic hydroxyl groups is 1. The predicted octanol–water partition coefficient (Wildman–Crippen LogP) is 3.60. The minimum atomic E-state index is 0. The molecular weight excluding hydrogens is 441 g/mol. The molecule has 0 aliphatic rings. The molecule has 0 aromatic heterocycles. The second-order valence-corrected chi connectivity index (χ2v) is 6.40. The molecule has 0 fully saturated rings. The molecule has 0 amide bonds. The Kier molecular flexibility index (Phi) is 13.5. The first-order valence-electron chi connectivity index (χ1n) is 9.39. The predicted molar refractivity (Wildman–Crippen MR) is 121 cm³/mol. The van der Waals surface area contributed by atoms with Crippen LogP contribution in [0.25, 0.3) is 0 Å². The maximum Gasteiger partial charge on any atom is 0.191 e. The van der Waals surface area contributed by atoms with Gasteiger partial charge < -0.3 is 20.5 Å². The van der Waals surface area contributed by atoms with Crippen molar-refractivity contribution in [1.29, 1.82) is 0 Å². The highest BCUT2D eigenvalue weighted by molar-refractivity contribution is 14.0. The molecule has 1 aromatic rings. The van der Waals surface area contributed by atoms with Gasteiger partial charge in [0.25, 0.3) is 0 Å². The van der Waals surface area contributed by atoms with Crippen LogP contribution in [0, 0.1) is 5.41 Å². The number of hydrogen-bond acceptors (Lipinski definition) is 3. The summed E-state index contributed by atoms with van der Waals surface area (Å²) in [7, 11) is 1.69. The van der Waals surface area contributed by atoms with Crippen LogP contribution in [0.4, 0.5) is 0 Å². The number of rotatable bonds is 11. The highest BCUT2D eigenvalue weighted by Gasteiger charge is 2.25. The topological polar surface area (TPSA) is 65.9 Å². The molecule has 150 valence electrons. The van der Waals surface area contributed by atoms with Crippen LogP contribution in [0.15, 0.2) is 29.3 Å². The molecule has 0 bridgehead atoms. The second-order valence-electron chi connectivity index (χ2n) is 6.40. The van der Waals surface area contributed by atoms with Gasteiger partial charge >= 0.3 is 0 Å². The van der Waals surface area contributed by atoms with E-state index in [1.807, 2.05) is 12.1 Å². The fraction of sp³-hybridized carbons (Fsp3) is 0.650. The fourth-order valence-electron chi connectivity index (χ4n) is 2.89. The Morgan fingerprint density at radius 1 is 1.19 bits per heavy atom. The number of benzene rings is 1. The highest BCUT2D eigenvalue weighted by Crippen LogP contribution is 2.30. The van der Waals surface area contributed by atoms with Gasteiger partial charge in [-0.2, -0.15) is 0 Å². The summed E-state index contributed by atoms with van der Waals surface area (Å²) in [6, 6.07) is 8.14. The molecule has 0 aliphatic heterocycles. The molecule has 6 heteroatoms. The van der Waals surface area contributed by atoms with Crippen molar-refractivity contribution in [2.75, 3.05) is 33.4 Å². The lowest BCUT2D eigenvalue weighted by molar-refractivity contribution is 0.175. The molecule has 0 saturated carbocycles. The van der Waals surface area contributed by atoms with Gasteiger partial charge in [-0.05, 0) is 55.7 Å². The number of methoxy groups -OCH3 is 1. The fourth-order valence-corrected chi connectivity index (χ4v) is 2.89. The summed E-state index contributed by atoms with van der Waals surface area (Å²) in [4.78, 5) is 4.77. The maximum absolute atomic E-state index is 9.35. The number of nitrogens with one attached hydrogen (secondary N) is 2. The molecule has 0 aliphatic carbocycles. The van der Waals surface area contributed by atoms with Crippen molar-refractivity contribution in [3.05, 3.63) is 29.8 Å². The van der Waals surface area contributed by atoms with E-state index in [2.05, 4.69) is 43.5 Å². The van der Waals surface area contributed by atoms with Crippen LogP contribution in [0.1, 0.15) is 45.6 Å². The van der Waals surface area contributed by atoms with Gasteiger partial charge in [-0.15, -0.1) is 24.0 Å². The summed E-state index contributed by atoms with van der Waals surface area (Å²) in [6.07, 6.45) is 3.76. The Morgan fingerprint density at radius 2 is 1.92 bits per heavy atom. The zero-order chi connectivity index (χ0) is 18.5. The number of hydrogen-bond donors (Lipinski definition) is 3. The summed E-state index contributed by atoms with van der Waals surface area (Å²) in [5.41, 5.74) is 1.32. The minimum Gasteiger partial charge on any atom is -0.497 e. The summed E-state index contributed by atoms with van der Waals surface area (Å²) in [6.45, 7) is 9.02. The van der Waals surface area contributed by atoms with Crippen molar-refractivity contribution < 1.29 is 9.84 Å². The van der Waals surface area contributed by atoms with Gasteiger partial charge in [0.2, 0.25) is 0 Å². The lowest BCUT2D eigenvalue weighted by atomic mass is 9.79. The third-order valence-corrected chi connectivity index (χ3v) is 4.90. The molecule has 0 spiro atoms. The van der Waals surface area contributed by atoms with E-state index in [9.17, 15) is 5.11 Å². The van der Waals surface area contributed by atoms with E-state index in [0.717, 1.165) is 57.0 Å². The van der Waals surface area contributed by atoms with Gasteiger partial charge in [0, 0.05) is 26.2 Å². The number of halogens is 1. The first-order valence-corrected chi connectivity index (χ1v) is 9.39. The summed E-state index contributed by atoms with van der Waals surface area (Å²) in [5.74, 6) is 1.73. The Labute approximate surface area is 176 Å². The van der Waals surface area contributed by atoms with Crippen LogP contribution in [0.5, 0.6) is 5.75 Å². The van der Waals surface area contributed by atoms with Gasteiger partial charge in [-0.25, -0.2) is 0 Å². The average Bonchev–Trinajstić information content (AvgIpc) is 2.65. The van der Waals surface area contributed by atoms with E-state index < -0.39 is 0 Å². The van der Waals surface area contributed by atoms with Crippen molar-refractivity contribution in [3.63, 3.8) is 0 Å². The van der Waals surface area contributed by atoms with E-state index in [1.165, 1.54) is 5.56 Å². The Bertz CT molecular complexity index is 520. The lowest BCUT2D eigenvalue weighted by Crippen LogP contribution is -2.39. The molecule has 3 N–H and O–H groups in total. The van der Waals surface area contributed by atoms with Gasteiger partial charge in [0.05, 0.1) is 7.11 Å². The van der Waals surface area contributed by atoms with Crippen LogP contribution in [-0.4, -0.2) is 44.4 Å². The number of aliphatic hydroxyl groups excluding tert-OH is 1. The molecule has 0 heterocycles. The monoisotopic (exact) mass is 477 g/mol. The standard InChI is InChI=1S/C20H35N3O2.HI/c1-5-20(6-2,12-14-24)16-23-19(21-7-3)22-13-11-17-9-8-10-18(15-17)25-4;/h8-10,15,24H,5-7,11-14,16H2,1-4H3,(H2,21,22,23);1H. The van der Waals surface area contributed by atoms with Crippen LogP contribution < -0.4 is 15.4 Å². The molecule has 5 nitrogen and oxygen atoms in total. The lowest BCUT2D eigenvalue weighted by Gasteiger charge is -2.29. The van der Waals surface area contributed by atoms with E-state index in [1.54, 1.807) is 7.11 Å². The largest absolute Gasteiger partial charge is 0.497 e. The normalized spacial score (nSPS) is 11.7. The van der Waals surface area contributed by atoms with Crippen LogP contribution in [0.3, 0.4) is 0 Å². The SMILES string of the molecule is CCNC(=NCC(CC)(CC)CCO)NCCc1cccc(OC)c1.I. The molecular formula is C20H36IN3O2. The molecule has 26 heavy (non-hydrogen) atoms. The van der Waals surface area contributed by atoms with E-state index in [4.69, 9.17) is 9.73 Å². The number of guanidine groups is 1. The summed E-state index contributed by atoms with van der Waals surface area (Å²) < 4.78 is 5.27. The molecule has 1 rings (SSSR count). The van der Waals surface area contributed by atoms with Gasteiger partial charge in [0.15, 0.2) is 5.96 Å². The molecule has 0 atom stereocenters. The van der Waals surface area contributed by atoms with E-state index in [0.29, 0.717) is 0 Å². The molecule has 0 unspecified atom stereocenters. The van der Waals surface area contributed by atoms with Gasteiger partial charge in [-0.1, -0.05) is 26.0 Å². The molecule has 0 radical (unpaired) electrons. The number of aliphatic imine (C=N–C) groups is 1. The molecule has 1 aromatic carbocycles. The third kappa shape index (κ3) is 8.58. The van der Waals surface area contributed by atoms with Crippen LogP contribution in [0.2, 0.25) is 0 Å². The summed E-state index contributed by atoms with van der Waals surface area (Å²) in [5, 5.41) is 16.1. The van der Waals surface area contributed by atoms with Crippen molar-refractivity contribution in [2.45, 2.75) is 46.5 Å². The summed E-state index contributed by atoms with van der Waals surface area (Å²) >= 11 is 0. The van der Waals surface area contributed by atoms with Crippen molar-refractivity contribution in [1.82, 2.24) is 10.6 Å². The first-order chi connectivity index (χ1) is 12.1. The Hall–Kier alpha value is -1.02. The highest BCUT2D eigenvalue weighted by atomic mass is 127. The number of nitrogens with zero attached hydrogens (tertiary/aromatic N) is 1. The number of ether oxygens (including phenoxy) is 1. The van der Waals surface area contributed by atoms with Gasteiger partial charge in [-0.3, -0.25) is 4.99 Å². The Balaban J connectivity index is 0.00000625. The quantitative estimate of drug-likeness (QED) is 0.259. The van der Waals surface area contributed by atoms with Crippen molar-refractivity contribution in [2.24, 2.45) is 10.4 Å². The first kappa shape index (κ1) is 25.0.